The number of Topliss-reactive ketones (excluding diaryl/α,β-unsaturated/α-hetero) is 1. The molecule has 3 N–H and O–H groups in total. The van der Waals surface area contributed by atoms with Gasteiger partial charge >= 0.3 is 0 Å². The van der Waals surface area contributed by atoms with E-state index in [0.29, 0.717) is 41.3 Å². The lowest BCUT2D eigenvalue weighted by Crippen LogP contribution is -2.46. The predicted molar refractivity (Wildman–Crippen MR) is 146 cm³/mol. The molecule has 0 unspecified atom stereocenters. The summed E-state index contributed by atoms with van der Waals surface area (Å²) in [5.74, 6) is 0.784. The van der Waals surface area contributed by atoms with Gasteiger partial charge in [-0.05, 0) is 63.3 Å². The molecule has 7 heterocycles. The Morgan fingerprint density at radius 3 is 2.48 bits per heavy atom. The van der Waals surface area contributed by atoms with E-state index in [-0.39, 0.29) is 35.5 Å². The van der Waals surface area contributed by atoms with Crippen molar-refractivity contribution in [2.75, 3.05) is 5.73 Å². The number of anilines is 1. The molecule has 12 nitrogen and oxygen atoms in total. The summed E-state index contributed by atoms with van der Waals surface area (Å²) in [7, 11) is 0. The molecule has 0 spiro atoms. The van der Waals surface area contributed by atoms with Crippen LogP contribution >= 0.6 is 0 Å². The van der Waals surface area contributed by atoms with Crippen LogP contribution in [0.5, 0.6) is 0 Å². The van der Waals surface area contributed by atoms with E-state index < -0.39 is 0 Å². The second kappa shape index (κ2) is 9.11. The SMILES string of the molecule is CC(=O)c1c([C@H]2C[C@H]3CC[C@@H](C2)N3C(=O)c2ccn[nH]2)nc2c(-c3ccc(-n4cc(C)cn4)nc3)cnn2c1N. The first-order valence-corrected chi connectivity index (χ1v) is 13.4. The van der Waals surface area contributed by atoms with Gasteiger partial charge in [0.1, 0.15) is 11.5 Å². The number of rotatable bonds is 5. The van der Waals surface area contributed by atoms with Crippen LogP contribution in [0.15, 0.2) is 49.2 Å². The number of carbonyl (C=O) groups is 2. The van der Waals surface area contributed by atoms with Crippen LogP contribution in [0.25, 0.3) is 22.6 Å². The molecule has 202 valence electrons. The van der Waals surface area contributed by atoms with Gasteiger partial charge in [0.15, 0.2) is 17.2 Å². The Morgan fingerprint density at radius 1 is 1.05 bits per heavy atom. The minimum atomic E-state index is -0.150. The fourth-order valence-corrected chi connectivity index (χ4v) is 6.36. The molecule has 5 aromatic heterocycles. The zero-order valence-corrected chi connectivity index (χ0v) is 22.2. The molecule has 0 radical (unpaired) electrons. The summed E-state index contributed by atoms with van der Waals surface area (Å²) in [6.07, 6.45) is 12.0. The predicted octanol–water partition coefficient (Wildman–Crippen LogP) is 3.34. The van der Waals surface area contributed by atoms with Gasteiger partial charge in [-0.25, -0.2) is 14.6 Å². The number of nitrogens with two attached hydrogens (primary N) is 1. The quantitative estimate of drug-likeness (QED) is 0.324. The molecular formula is C28H28N10O2. The van der Waals surface area contributed by atoms with E-state index in [0.717, 1.165) is 29.5 Å². The molecule has 40 heavy (non-hydrogen) atoms. The van der Waals surface area contributed by atoms with E-state index in [1.54, 1.807) is 35.5 Å². The van der Waals surface area contributed by atoms with Gasteiger partial charge in [-0.2, -0.15) is 19.8 Å². The standard InChI is InChI=1S/C28H28N10O2/c1-15-11-32-36(14-15)23-6-3-17(12-30-23)21-13-33-38-26(29)24(16(2)39)25(34-27(21)38)18-9-19-4-5-20(10-18)37(19)28(40)22-7-8-31-35-22/h3,6-8,11-14,18-20H,4-5,9-10,29H2,1-2H3,(H,31,35)/t18-,19+,20-. The van der Waals surface area contributed by atoms with Crippen molar-refractivity contribution in [3.8, 4) is 16.9 Å². The Balaban J connectivity index is 1.26. The molecule has 0 aromatic carbocycles. The van der Waals surface area contributed by atoms with E-state index in [1.165, 1.54) is 11.4 Å². The fourth-order valence-electron chi connectivity index (χ4n) is 6.36. The third kappa shape index (κ3) is 3.78. The highest BCUT2D eigenvalue weighted by atomic mass is 16.2. The number of aromatic nitrogens is 8. The number of aryl methyl sites for hydroxylation is 1. The van der Waals surface area contributed by atoms with E-state index in [9.17, 15) is 9.59 Å². The summed E-state index contributed by atoms with van der Waals surface area (Å²) >= 11 is 0. The van der Waals surface area contributed by atoms with Crippen molar-refractivity contribution in [1.29, 1.82) is 0 Å². The lowest BCUT2D eigenvalue weighted by molar-refractivity contribution is 0.0562. The molecule has 2 bridgehead atoms. The van der Waals surface area contributed by atoms with Crippen molar-refractivity contribution in [1.82, 2.24) is 44.5 Å². The number of H-pyrrole nitrogens is 1. The highest BCUT2D eigenvalue weighted by Gasteiger charge is 2.45. The van der Waals surface area contributed by atoms with Gasteiger partial charge < -0.3 is 10.6 Å². The van der Waals surface area contributed by atoms with Gasteiger partial charge in [0, 0.05) is 47.7 Å². The number of fused-ring (bicyclic) bond motifs is 3. The zero-order chi connectivity index (χ0) is 27.5. The van der Waals surface area contributed by atoms with E-state index in [4.69, 9.17) is 10.7 Å². The Hall–Kier alpha value is -4.87. The smallest absolute Gasteiger partial charge is 0.272 e. The summed E-state index contributed by atoms with van der Waals surface area (Å²) < 4.78 is 3.26. The van der Waals surface area contributed by atoms with Gasteiger partial charge in [-0.15, -0.1) is 0 Å². The van der Waals surface area contributed by atoms with Crippen LogP contribution in [0.2, 0.25) is 0 Å². The minimum absolute atomic E-state index is 0.0131. The highest BCUT2D eigenvalue weighted by molar-refractivity contribution is 6.00. The molecule has 7 rings (SSSR count). The lowest BCUT2D eigenvalue weighted by atomic mass is 9.85. The first kappa shape index (κ1) is 24.2. The molecule has 12 heteroatoms. The molecule has 2 aliphatic rings. The summed E-state index contributed by atoms with van der Waals surface area (Å²) in [6, 6.07) is 5.67. The van der Waals surface area contributed by atoms with Gasteiger partial charge in [0.2, 0.25) is 0 Å². The van der Waals surface area contributed by atoms with Crippen molar-refractivity contribution in [2.24, 2.45) is 0 Å². The van der Waals surface area contributed by atoms with Gasteiger partial charge in [-0.1, -0.05) is 0 Å². The Kier molecular flexibility index (Phi) is 5.51. The first-order chi connectivity index (χ1) is 19.4. The van der Waals surface area contributed by atoms with E-state index >= 15 is 0 Å². The molecule has 0 saturated carbocycles. The number of hydrogen-bond acceptors (Lipinski definition) is 8. The molecule has 2 saturated heterocycles. The van der Waals surface area contributed by atoms with Crippen LogP contribution in [0.1, 0.15) is 70.6 Å². The Bertz CT molecular complexity index is 1740. The van der Waals surface area contributed by atoms with Crippen molar-refractivity contribution < 1.29 is 9.59 Å². The molecule has 3 atom stereocenters. The second-order valence-corrected chi connectivity index (χ2v) is 10.7. The third-order valence-corrected chi connectivity index (χ3v) is 8.15. The maximum atomic E-state index is 13.2. The van der Waals surface area contributed by atoms with E-state index in [1.807, 2.05) is 30.2 Å². The van der Waals surface area contributed by atoms with Crippen molar-refractivity contribution in [3.63, 3.8) is 0 Å². The highest BCUT2D eigenvalue weighted by Crippen LogP contribution is 2.45. The normalized spacial score (nSPS) is 20.4. The van der Waals surface area contributed by atoms with Crippen LogP contribution in [-0.4, -0.2) is 68.2 Å². The Labute approximate surface area is 229 Å². The van der Waals surface area contributed by atoms with Gasteiger partial charge in [-0.3, -0.25) is 14.7 Å². The zero-order valence-electron chi connectivity index (χ0n) is 22.2. The van der Waals surface area contributed by atoms with Crippen LogP contribution in [0.4, 0.5) is 5.82 Å². The summed E-state index contributed by atoms with van der Waals surface area (Å²) in [6.45, 7) is 3.49. The van der Waals surface area contributed by atoms with Crippen LogP contribution in [0.3, 0.4) is 0 Å². The maximum absolute atomic E-state index is 13.2. The summed E-state index contributed by atoms with van der Waals surface area (Å²) in [5, 5.41) is 15.5. The average Bonchev–Trinajstić information content (AvgIpc) is 3.75. The molecule has 5 aromatic rings. The molecular weight excluding hydrogens is 508 g/mol. The molecule has 0 aliphatic carbocycles. The number of hydrogen-bond donors (Lipinski definition) is 2. The second-order valence-electron chi connectivity index (χ2n) is 10.7. The minimum Gasteiger partial charge on any atom is -0.383 e. The van der Waals surface area contributed by atoms with Gasteiger partial charge in [0.05, 0.1) is 23.7 Å². The Morgan fingerprint density at radius 2 is 1.85 bits per heavy atom. The number of piperidine rings is 1. The average molecular weight is 537 g/mol. The van der Waals surface area contributed by atoms with Crippen molar-refractivity contribution in [2.45, 2.75) is 57.5 Å². The maximum Gasteiger partial charge on any atom is 0.272 e. The number of amides is 1. The number of ketones is 1. The monoisotopic (exact) mass is 536 g/mol. The van der Waals surface area contributed by atoms with Crippen LogP contribution in [0, 0.1) is 6.92 Å². The summed E-state index contributed by atoms with van der Waals surface area (Å²) in [4.78, 5) is 37.7. The van der Waals surface area contributed by atoms with Crippen LogP contribution in [-0.2, 0) is 0 Å². The molecule has 2 fully saturated rings. The third-order valence-electron chi connectivity index (χ3n) is 8.15. The molecule has 1 amide bonds. The first-order valence-electron chi connectivity index (χ1n) is 13.4. The fraction of sp³-hybridized carbons (Fsp3) is 0.321. The summed E-state index contributed by atoms with van der Waals surface area (Å²) in [5.41, 5.74) is 11.4. The largest absolute Gasteiger partial charge is 0.383 e. The van der Waals surface area contributed by atoms with Crippen molar-refractivity contribution >= 4 is 23.2 Å². The number of carbonyl (C=O) groups excluding carboxylic acids is 2. The van der Waals surface area contributed by atoms with Crippen LogP contribution < -0.4 is 5.73 Å². The lowest BCUT2D eigenvalue weighted by Gasteiger charge is -2.39. The number of nitrogens with one attached hydrogen (secondary N) is 1. The molecule has 2 aliphatic heterocycles. The van der Waals surface area contributed by atoms with Gasteiger partial charge in [0.25, 0.3) is 5.91 Å². The number of nitrogen functional groups attached to an aromatic ring is 1. The number of nitrogens with zero attached hydrogens (tertiary/aromatic N) is 8. The van der Waals surface area contributed by atoms with E-state index in [2.05, 4.69) is 25.4 Å². The topological polar surface area (TPSA) is 153 Å². The van der Waals surface area contributed by atoms with Crippen molar-refractivity contribution in [3.05, 3.63) is 71.7 Å². The number of pyridine rings is 1. The number of aromatic amines is 1.